The maximum Gasteiger partial charge on any atom is 0.227 e. The predicted molar refractivity (Wildman–Crippen MR) is 132 cm³/mol. The van der Waals surface area contributed by atoms with Crippen molar-refractivity contribution in [3.63, 3.8) is 0 Å². The summed E-state index contributed by atoms with van der Waals surface area (Å²) in [6, 6.07) is 18.0. The number of benzene rings is 2. The van der Waals surface area contributed by atoms with Gasteiger partial charge in [0.2, 0.25) is 5.88 Å². The summed E-state index contributed by atoms with van der Waals surface area (Å²) < 4.78 is 19.3. The summed E-state index contributed by atoms with van der Waals surface area (Å²) in [7, 11) is 1.63. The molecule has 180 valence electrons. The second-order valence-corrected chi connectivity index (χ2v) is 8.51. The first-order valence-corrected chi connectivity index (χ1v) is 11.7. The second-order valence-electron chi connectivity index (χ2n) is 8.51. The molecule has 0 spiro atoms. The molecular weight excluding hydrogens is 430 g/mol. The van der Waals surface area contributed by atoms with Gasteiger partial charge in [0.05, 0.1) is 43.4 Å². The van der Waals surface area contributed by atoms with E-state index in [2.05, 4.69) is 11.5 Å². The monoisotopic (exact) mass is 463 g/mol. The number of methoxy groups -OCH3 is 1. The Morgan fingerprint density at radius 3 is 2.53 bits per heavy atom. The molecule has 1 aliphatic rings. The van der Waals surface area contributed by atoms with Crippen LogP contribution in [0.25, 0.3) is 5.69 Å². The molecule has 4 rings (SSSR count). The molecule has 1 fully saturated rings. The summed E-state index contributed by atoms with van der Waals surface area (Å²) >= 11 is 0. The van der Waals surface area contributed by atoms with Crippen molar-refractivity contribution in [3.05, 3.63) is 78.5 Å². The van der Waals surface area contributed by atoms with Crippen molar-refractivity contribution >= 4 is 0 Å². The van der Waals surface area contributed by atoms with Crippen LogP contribution in [0, 0.1) is 6.92 Å². The van der Waals surface area contributed by atoms with E-state index in [-0.39, 0.29) is 6.61 Å². The van der Waals surface area contributed by atoms with Gasteiger partial charge in [-0.2, -0.15) is 5.10 Å². The van der Waals surface area contributed by atoms with E-state index in [1.54, 1.807) is 13.2 Å². The topological polar surface area (TPSA) is 69.0 Å². The number of nitrogens with zero attached hydrogens (tertiary/aromatic N) is 3. The van der Waals surface area contributed by atoms with Crippen LogP contribution in [0.2, 0.25) is 0 Å². The van der Waals surface area contributed by atoms with E-state index in [1.165, 1.54) is 0 Å². The molecule has 0 bridgehead atoms. The molecular formula is C27H33N3O4. The molecule has 7 nitrogen and oxygen atoms in total. The molecule has 0 aliphatic heterocycles. The fraction of sp³-hybridized carbons (Fsp3) is 0.370. The highest BCUT2D eigenvalue weighted by Crippen LogP contribution is 2.37. The number of aryl methyl sites for hydroxylation is 1. The second kappa shape index (κ2) is 11.3. The first-order chi connectivity index (χ1) is 16.6. The van der Waals surface area contributed by atoms with Gasteiger partial charge in [-0.3, -0.25) is 4.90 Å². The Kier molecular flexibility index (Phi) is 8.00. The molecule has 0 unspecified atom stereocenters. The number of ether oxygens (including phenoxy) is 3. The molecule has 0 amide bonds. The Hall–Kier alpha value is -3.13. The lowest BCUT2D eigenvalue weighted by Gasteiger charge is -2.25. The van der Waals surface area contributed by atoms with Crippen LogP contribution in [-0.4, -0.2) is 58.8 Å². The number of aliphatic hydroxyl groups is 1. The number of hydrogen-bond acceptors (Lipinski definition) is 6. The van der Waals surface area contributed by atoms with Gasteiger partial charge in [0.15, 0.2) is 11.5 Å². The van der Waals surface area contributed by atoms with Crippen molar-refractivity contribution in [1.29, 1.82) is 0 Å². The van der Waals surface area contributed by atoms with Gasteiger partial charge in [-0.1, -0.05) is 36.4 Å². The molecule has 3 aromatic rings. The zero-order valence-corrected chi connectivity index (χ0v) is 19.9. The Morgan fingerprint density at radius 2 is 1.85 bits per heavy atom. The van der Waals surface area contributed by atoms with Crippen LogP contribution in [0.5, 0.6) is 17.4 Å². The highest BCUT2D eigenvalue weighted by atomic mass is 16.5. The smallest absolute Gasteiger partial charge is 0.227 e. The summed E-state index contributed by atoms with van der Waals surface area (Å²) in [5, 5.41) is 15.4. The van der Waals surface area contributed by atoms with Gasteiger partial charge in [0, 0.05) is 19.1 Å². The van der Waals surface area contributed by atoms with Gasteiger partial charge < -0.3 is 19.3 Å². The third kappa shape index (κ3) is 5.86. The summed E-state index contributed by atoms with van der Waals surface area (Å²) in [6.45, 7) is 7.50. The van der Waals surface area contributed by atoms with E-state index >= 15 is 0 Å². The first kappa shape index (κ1) is 24.0. The SMILES string of the molecule is C=CCOC[C@H](O)CN(Cc1c(C)nn(-c2ccccc2)c1Oc1ccccc1OC)C1CC1. The molecule has 0 radical (unpaired) electrons. The van der Waals surface area contributed by atoms with Crippen LogP contribution in [-0.2, 0) is 11.3 Å². The van der Waals surface area contributed by atoms with E-state index in [0.29, 0.717) is 43.1 Å². The Balaban J connectivity index is 1.65. The number of rotatable bonds is 13. The van der Waals surface area contributed by atoms with E-state index in [0.717, 1.165) is 29.8 Å². The summed E-state index contributed by atoms with van der Waals surface area (Å²) in [5.74, 6) is 1.93. The number of para-hydroxylation sites is 3. The van der Waals surface area contributed by atoms with Crippen molar-refractivity contribution < 1.29 is 19.3 Å². The summed E-state index contributed by atoms with van der Waals surface area (Å²) in [6.07, 6.45) is 3.35. The van der Waals surface area contributed by atoms with Crippen LogP contribution in [0.15, 0.2) is 67.3 Å². The predicted octanol–water partition coefficient (Wildman–Crippen LogP) is 4.51. The van der Waals surface area contributed by atoms with Crippen LogP contribution in [0.4, 0.5) is 0 Å². The van der Waals surface area contributed by atoms with Gasteiger partial charge in [0.25, 0.3) is 0 Å². The zero-order chi connectivity index (χ0) is 23.9. The van der Waals surface area contributed by atoms with Gasteiger partial charge in [0.1, 0.15) is 0 Å². The largest absolute Gasteiger partial charge is 0.493 e. The standard InChI is InChI=1S/C27H33N3O4/c1-4-16-33-19-23(31)17-29(21-14-15-21)18-24-20(2)28-30(22-10-6-5-7-11-22)27(24)34-26-13-9-8-12-25(26)32-3/h4-13,21,23,31H,1,14-19H2,2-3H3/t23-/m1/s1. The highest BCUT2D eigenvalue weighted by molar-refractivity contribution is 5.47. The molecule has 1 N–H and O–H groups in total. The highest BCUT2D eigenvalue weighted by Gasteiger charge is 2.32. The number of hydrogen-bond donors (Lipinski definition) is 1. The van der Waals surface area contributed by atoms with Gasteiger partial charge in [-0.05, 0) is 44.0 Å². The van der Waals surface area contributed by atoms with Crippen LogP contribution in [0.1, 0.15) is 24.1 Å². The van der Waals surface area contributed by atoms with Crippen LogP contribution >= 0.6 is 0 Å². The van der Waals surface area contributed by atoms with Crippen molar-refractivity contribution in [2.45, 2.75) is 38.5 Å². The van der Waals surface area contributed by atoms with Gasteiger partial charge in [-0.15, -0.1) is 6.58 Å². The molecule has 1 aromatic heterocycles. The number of aliphatic hydroxyl groups excluding tert-OH is 1. The van der Waals surface area contributed by atoms with E-state index in [9.17, 15) is 5.11 Å². The normalized spacial score (nSPS) is 14.2. The Labute approximate surface area is 201 Å². The molecule has 1 aliphatic carbocycles. The van der Waals surface area contributed by atoms with Crippen molar-refractivity contribution in [2.24, 2.45) is 0 Å². The molecule has 1 atom stereocenters. The third-order valence-electron chi connectivity index (χ3n) is 5.83. The Bertz CT molecular complexity index is 1080. The fourth-order valence-electron chi connectivity index (χ4n) is 3.97. The molecule has 34 heavy (non-hydrogen) atoms. The van der Waals surface area contributed by atoms with Crippen LogP contribution in [0.3, 0.4) is 0 Å². The maximum absolute atomic E-state index is 10.6. The maximum atomic E-state index is 10.6. The van der Waals surface area contributed by atoms with Crippen LogP contribution < -0.4 is 9.47 Å². The minimum atomic E-state index is -0.580. The van der Waals surface area contributed by atoms with E-state index < -0.39 is 6.10 Å². The fourth-order valence-corrected chi connectivity index (χ4v) is 3.97. The Morgan fingerprint density at radius 1 is 1.15 bits per heavy atom. The van der Waals surface area contributed by atoms with Gasteiger partial charge >= 0.3 is 0 Å². The van der Waals surface area contributed by atoms with Crippen molar-refractivity contribution in [3.8, 4) is 23.1 Å². The number of aromatic nitrogens is 2. The average Bonchev–Trinajstić information content (AvgIpc) is 3.66. The summed E-state index contributed by atoms with van der Waals surface area (Å²) in [4.78, 5) is 2.30. The molecule has 1 saturated carbocycles. The van der Waals surface area contributed by atoms with Gasteiger partial charge in [-0.25, -0.2) is 4.68 Å². The minimum Gasteiger partial charge on any atom is -0.493 e. The quantitative estimate of drug-likeness (QED) is 0.297. The zero-order valence-electron chi connectivity index (χ0n) is 19.9. The molecule has 7 heteroatoms. The average molecular weight is 464 g/mol. The lowest BCUT2D eigenvalue weighted by atomic mass is 10.2. The lowest BCUT2D eigenvalue weighted by molar-refractivity contribution is 0.0226. The summed E-state index contributed by atoms with van der Waals surface area (Å²) in [5.41, 5.74) is 2.79. The molecule has 1 heterocycles. The molecule has 0 saturated heterocycles. The van der Waals surface area contributed by atoms with Crippen molar-refractivity contribution in [1.82, 2.24) is 14.7 Å². The van der Waals surface area contributed by atoms with E-state index in [1.807, 2.05) is 66.2 Å². The lowest BCUT2D eigenvalue weighted by Crippen LogP contribution is -2.36. The minimum absolute atomic E-state index is 0.280. The van der Waals surface area contributed by atoms with E-state index in [4.69, 9.17) is 19.3 Å². The first-order valence-electron chi connectivity index (χ1n) is 11.7. The van der Waals surface area contributed by atoms with Crippen molar-refractivity contribution in [2.75, 3.05) is 26.9 Å². The third-order valence-corrected chi connectivity index (χ3v) is 5.83. The molecule has 2 aromatic carbocycles.